The van der Waals surface area contributed by atoms with E-state index in [0.717, 1.165) is 42.9 Å². The Hall–Kier alpha value is -3.13. The van der Waals surface area contributed by atoms with E-state index in [2.05, 4.69) is 10.2 Å². The van der Waals surface area contributed by atoms with E-state index in [4.69, 9.17) is 9.47 Å². The summed E-state index contributed by atoms with van der Waals surface area (Å²) in [7, 11) is 0. The monoisotopic (exact) mass is 411 g/mol. The van der Waals surface area contributed by atoms with Gasteiger partial charge in [0, 0.05) is 18.5 Å². The van der Waals surface area contributed by atoms with E-state index in [1.807, 2.05) is 18.2 Å². The number of hydrogen-bond acceptors (Lipinski definition) is 6. The number of nitrogens with one attached hydrogen (secondary N) is 1. The minimum atomic E-state index is -0.439. The Labute approximate surface area is 174 Å². The van der Waals surface area contributed by atoms with Gasteiger partial charge >= 0.3 is 0 Å². The van der Waals surface area contributed by atoms with Crippen molar-refractivity contribution in [1.29, 1.82) is 0 Å². The number of anilines is 1. The molecule has 8 heteroatoms. The van der Waals surface area contributed by atoms with Crippen LogP contribution in [-0.2, 0) is 4.79 Å². The van der Waals surface area contributed by atoms with Crippen LogP contribution in [0.2, 0.25) is 0 Å². The van der Waals surface area contributed by atoms with Crippen LogP contribution in [0, 0.1) is 17.0 Å². The number of amides is 1. The first-order valence-corrected chi connectivity index (χ1v) is 10.2. The van der Waals surface area contributed by atoms with Gasteiger partial charge in [0.2, 0.25) is 5.91 Å². The molecule has 1 atom stereocenters. The third-order valence-corrected chi connectivity index (χ3v) is 5.64. The van der Waals surface area contributed by atoms with Gasteiger partial charge in [0.15, 0.2) is 11.5 Å². The second-order valence-electron chi connectivity index (χ2n) is 7.64. The van der Waals surface area contributed by atoms with E-state index in [1.165, 1.54) is 6.07 Å². The second-order valence-corrected chi connectivity index (χ2v) is 7.64. The number of carbonyl (C=O) groups excluding carboxylic acids is 1. The number of ether oxygens (including phenoxy) is 2. The number of hydrogen-bond donors (Lipinski definition) is 1. The van der Waals surface area contributed by atoms with Gasteiger partial charge in [-0.2, -0.15) is 0 Å². The van der Waals surface area contributed by atoms with E-state index in [0.29, 0.717) is 24.5 Å². The van der Waals surface area contributed by atoms with Crippen molar-refractivity contribution in [2.75, 3.05) is 31.6 Å². The zero-order valence-electron chi connectivity index (χ0n) is 16.9. The zero-order chi connectivity index (χ0) is 21.1. The Balaban J connectivity index is 1.46. The molecule has 0 bridgehead atoms. The maximum Gasteiger partial charge on any atom is 0.274 e. The molecule has 0 aliphatic carbocycles. The van der Waals surface area contributed by atoms with E-state index >= 15 is 0 Å². The number of fused-ring (bicyclic) bond motifs is 1. The molecule has 0 spiro atoms. The minimum absolute atomic E-state index is 0.000884. The number of rotatable bonds is 5. The van der Waals surface area contributed by atoms with Crippen molar-refractivity contribution in [3.8, 4) is 11.5 Å². The van der Waals surface area contributed by atoms with Gasteiger partial charge < -0.3 is 14.8 Å². The third-order valence-electron chi connectivity index (χ3n) is 5.64. The van der Waals surface area contributed by atoms with Gasteiger partial charge in [-0.25, -0.2) is 0 Å². The van der Waals surface area contributed by atoms with E-state index in [1.54, 1.807) is 19.1 Å². The number of nitro benzene ring substituents is 1. The molecule has 2 heterocycles. The predicted molar refractivity (Wildman–Crippen MR) is 112 cm³/mol. The summed E-state index contributed by atoms with van der Waals surface area (Å²) >= 11 is 0. The van der Waals surface area contributed by atoms with Crippen LogP contribution in [0.25, 0.3) is 0 Å². The number of carbonyl (C=O) groups is 1. The quantitative estimate of drug-likeness (QED) is 0.593. The number of benzene rings is 2. The van der Waals surface area contributed by atoms with Gasteiger partial charge in [0.05, 0.1) is 35.9 Å². The molecule has 158 valence electrons. The summed E-state index contributed by atoms with van der Waals surface area (Å²) in [6.45, 7) is 3.97. The highest BCUT2D eigenvalue weighted by molar-refractivity contribution is 5.93. The topological polar surface area (TPSA) is 93.9 Å². The van der Waals surface area contributed by atoms with E-state index in [9.17, 15) is 14.9 Å². The highest BCUT2D eigenvalue weighted by atomic mass is 16.6. The third kappa shape index (κ3) is 4.23. The summed E-state index contributed by atoms with van der Waals surface area (Å²) < 4.78 is 11.5. The molecule has 1 amide bonds. The fourth-order valence-corrected chi connectivity index (χ4v) is 4.11. The molecular weight excluding hydrogens is 386 g/mol. The maximum absolute atomic E-state index is 12.7. The standard InChI is InChI=1S/C22H25N3O5/c1-15-17(5-2-6-18(15)25(27)28)23-22(26)14-24-10-3-7-19(24)16-8-9-20-21(13-16)30-12-4-11-29-20/h2,5-6,8-9,13,19H,3-4,7,10-12,14H2,1H3,(H,23,26)/t19-/m1/s1. The first-order valence-electron chi connectivity index (χ1n) is 10.2. The number of likely N-dealkylation sites (tertiary alicyclic amines) is 1. The SMILES string of the molecule is Cc1c(NC(=O)CN2CCC[C@@H]2c2ccc3c(c2)OCCCO3)cccc1[N+](=O)[O-]. The summed E-state index contributed by atoms with van der Waals surface area (Å²) in [5.74, 6) is 1.34. The van der Waals surface area contributed by atoms with Crippen LogP contribution < -0.4 is 14.8 Å². The molecule has 0 unspecified atom stereocenters. The van der Waals surface area contributed by atoms with Crippen molar-refractivity contribution in [2.24, 2.45) is 0 Å². The fraction of sp³-hybridized carbons (Fsp3) is 0.409. The van der Waals surface area contributed by atoms with Crippen molar-refractivity contribution in [2.45, 2.75) is 32.2 Å². The van der Waals surface area contributed by atoms with Crippen LogP contribution in [0.15, 0.2) is 36.4 Å². The predicted octanol–water partition coefficient (Wildman–Crippen LogP) is 3.84. The Morgan fingerprint density at radius 3 is 2.80 bits per heavy atom. The van der Waals surface area contributed by atoms with Gasteiger partial charge in [-0.1, -0.05) is 12.1 Å². The summed E-state index contributed by atoms with van der Waals surface area (Å²) in [5.41, 5.74) is 2.03. The molecular formula is C22H25N3O5. The molecule has 2 aromatic carbocycles. The van der Waals surface area contributed by atoms with Crippen LogP contribution in [0.4, 0.5) is 11.4 Å². The van der Waals surface area contributed by atoms with Crippen molar-refractivity contribution in [3.63, 3.8) is 0 Å². The molecule has 0 saturated carbocycles. The van der Waals surface area contributed by atoms with Crippen LogP contribution in [0.3, 0.4) is 0 Å². The first kappa shape index (κ1) is 20.2. The van der Waals surface area contributed by atoms with Crippen molar-refractivity contribution >= 4 is 17.3 Å². The number of nitrogens with zero attached hydrogens (tertiary/aromatic N) is 2. The normalized spacial score (nSPS) is 18.6. The van der Waals surface area contributed by atoms with Crippen molar-refractivity contribution < 1.29 is 19.2 Å². The molecule has 2 aliphatic rings. The van der Waals surface area contributed by atoms with Crippen LogP contribution >= 0.6 is 0 Å². The fourth-order valence-electron chi connectivity index (χ4n) is 4.11. The largest absolute Gasteiger partial charge is 0.490 e. The molecule has 8 nitrogen and oxygen atoms in total. The molecule has 1 fully saturated rings. The summed E-state index contributed by atoms with van der Waals surface area (Å²) in [6, 6.07) is 10.8. The lowest BCUT2D eigenvalue weighted by Crippen LogP contribution is -2.33. The molecule has 2 aromatic rings. The summed E-state index contributed by atoms with van der Waals surface area (Å²) in [6.07, 6.45) is 2.82. The first-order chi connectivity index (χ1) is 14.5. The Morgan fingerprint density at radius 2 is 2.00 bits per heavy atom. The average molecular weight is 411 g/mol. The van der Waals surface area contributed by atoms with Gasteiger partial charge in [-0.3, -0.25) is 19.8 Å². The molecule has 0 radical (unpaired) electrons. The van der Waals surface area contributed by atoms with Gasteiger partial charge in [0.1, 0.15) is 0 Å². The molecule has 2 aliphatic heterocycles. The lowest BCUT2D eigenvalue weighted by molar-refractivity contribution is -0.385. The smallest absolute Gasteiger partial charge is 0.274 e. The average Bonchev–Trinajstić information content (AvgIpc) is 3.04. The van der Waals surface area contributed by atoms with Gasteiger partial charge in [-0.15, -0.1) is 0 Å². The Kier molecular flexibility index (Phi) is 5.85. The van der Waals surface area contributed by atoms with Crippen molar-refractivity contribution in [1.82, 2.24) is 4.90 Å². The Bertz CT molecular complexity index is 962. The second kappa shape index (κ2) is 8.71. The zero-order valence-corrected chi connectivity index (χ0v) is 16.9. The lowest BCUT2D eigenvalue weighted by Gasteiger charge is -2.25. The molecule has 4 rings (SSSR count). The minimum Gasteiger partial charge on any atom is -0.490 e. The van der Waals surface area contributed by atoms with Crippen LogP contribution in [0.1, 0.15) is 36.4 Å². The van der Waals surface area contributed by atoms with Gasteiger partial charge in [-0.05, 0) is 50.1 Å². The Morgan fingerprint density at radius 1 is 1.20 bits per heavy atom. The highest BCUT2D eigenvalue weighted by Gasteiger charge is 2.29. The molecule has 0 aromatic heterocycles. The van der Waals surface area contributed by atoms with Gasteiger partial charge in [0.25, 0.3) is 5.69 Å². The molecule has 1 N–H and O–H groups in total. The molecule has 30 heavy (non-hydrogen) atoms. The van der Waals surface area contributed by atoms with Crippen LogP contribution in [-0.4, -0.2) is 42.0 Å². The lowest BCUT2D eigenvalue weighted by atomic mass is 10.0. The summed E-state index contributed by atoms with van der Waals surface area (Å²) in [4.78, 5) is 25.5. The highest BCUT2D eigenvalue weighted by Crippen LogP contribution is 2.37. The van der Waals surface area contributed by atoms with Crippen molar-refractivity contribution in [3.05, 3.63) is 57.6 Å². The van der Waals surface area contributed by atoms with Crippen LogP contribution in [0.5, 0.6) is 11.5 Å². The summed E-state index contributed by atoms with van der Waals surface area (Å²) in [5, 5.41) is 14.0. The van der Waals surface area contributed by atoms with E-state index in [-0.39, 0.29) is 24.2 Å². The number of nitro groups is 1. The van der Waals surface area contributed by atoms with E-state index < -0.39 is 4.92 Å². The molecule has 1 saturated heterocycles. The maximum atomic E-state index is 12.7.